The third-order valence-corrected chi connectivity index (χ3v) is 7.10. The number of carbonyl (C=O) groups excluding carboxylic acids is 1. The molecule has 32 heavy (non-hydrogen) atoms. The van der Waals surface area contributed by atoms with E-state index >= 15 is 0 Å². The van der Waals surface area contributed by atoms with Crippen molar-refractivity contribution in [1.29, 1.82) is 0 Å². The molecule has 0 radical (unpaired) electrons. The highest BCUT2D eigenvalue weighted by Gasteiger charge is 2.28. The van der Waals surface area contributed by atoms with E-state index in [0.717, 1.165) is 51.9 Å². The Kier molecular flexibility index (Phi) is 5.61. The van der Waals surface area contributed by atoms with Crippen molar-refractivity contribution >= 4 is 32.7 Å². The van der Waals surface area contributed by atoms with Crippen molar-refractivity contribution in [3.63, 3.8) is 0 Å². The van der Waals surface area contributed by atoms with Gasteiger partial charge in [-0.1, -0.05) is 35.1 Å². The molecule has 1 N–H and O–H groups in total. The topological polar surface area (TPSA) is 75.9 Å². The smallest absolute Gasteiger partial charge is 0.225 e. The SMILES string of the molecule is Cc1ccc(-n2nc(C)c3sc(N4CCC[C@@H](C(=O)NCc5ccccn5)C4)nc32)cc1. The summed E-state index contributed by atoms with van der Waals surface area (Å²) in [6, 6.07) is 14.1. The Hall–Kier alpha value is -3.26. The Bertz CT molecular complexity index is 1230. The van der Waals surface area contributed by atoms with Gasteiger partial charge in [-0.05, 0) is 51.0 Å². The molecule has 0 saturated carbocycles. The summed E-state index contributed by atoms with van der Waals surface area (Å²) in [5.74, 6) is 0.0395. The van der Waals surface area contributed by atoms with Crippen LogP contribution in [0.3, 0.4) is 0 Å². The number of carbonyl (C=O) groups is 1. The number of pyridine rings is 1. The second-order valence-electron chi connectivity index (χ2n) is 8.31. The van der Waals surface area contributed by atoms with E-state index in [1.807, 2.05) is 29.8 Å². The van der Waals surface area contributed by atoms with Gasteiger partial charge in [0, 0.05) is 19.3 Å². The van der Waals surface area contributed by atoms with Crippen LogP contribution in [0.5, 0.6) is 0 Å². The summed E-state index contributed by atoms with van der Waals surface area (Å²) in [5.41, 5.74) is 4.96. The van der Waals surface area contributed by atoms with Crippen LogP contribution in [0.25, 0.3) is 16.0 Å². The Morgan fingerprint density at radius 2 is 2.03 bits per heavy atom. The van der Waals surface area contributed by atoms with Crippen LogP contribution >= 0.6 is 11.3 Å². The van der Waals surface area contributed by atoms with Crippen LogP contribution in [0.4, 0.5) is 5.13 Å². The van der Waals surface area contributed by atoms with Gasteiger partial charge in [0.25, 0.3) is 0 Å². The first-order chi connectivity index (χ1) is 15.6. The van der Waals surface area contributed by atoms with E-state index in [-0.39, 0.29) is 11.8 Å². The first-order valence-electron chi connectivity index (χ1n) is 10.9. The van der Waals surface area contributed by atoms with Gasteiger partial charge in [-0.3, -0.25) is 9.78 Å². The molecule has 5 rings (SSSR count). The number of thiazole rings is 1. The molecule has 0 spiro atoms. The molecule has 164 valence electrons. The first kappa shape index (κ1) is 20.6. The van der Waals surface area contributed by atoms with Crippen molar-refractivity contribution in [3.8, 4) is 5.69 Å². The standard InChI is InChI=1S/C24H26N6OS/c1-16-8-10-20(11-9-16)30-22-21(17(2)28-30)32-24(27-22)29-13-5-6-18(15-29)23(31)26-14-19-7-3-4-12-25-19/h3-4,7-12,18H,5-6,13-15H2,1-2H3,(H,26,31)/t18-/m1/s1. The molecular formula is C24H26N6OS. The minimum absolute atomic E-state index is 0.0471. The van der Waals surface area contributed by atoms with E-state index < -0.39 is 0 Å². The summed E-state index contributed by atoms with van der Waals surface area (Å²) < 4.78 is 3.02. The van der Waals surface area contributed by atoms with Crippen molar-refractivity contribution in [2.45, 2.75) is 33.2 Å². The van der Waals surface area contributed by atoms with E-state index in [0.29, 0.717) is 13.1 Å². The molecule has 1 atom stereocenters. The van der Waals surface area contributed by atoms with E-state index in [1.54, 1.807) is 17.5 Å². The Morgan fingerprint density at radius 1 is 1.19 bits per heavy atom. The molecule has 1 aliphatic rings. The maximum absolute atomic E-state index is 12.8. The highest BCUT2D eigenvalue weighted by molar-refractivity contribution is 7.22. The van der Waals surface area contributed by atoms with Crippen LogP contribution in [-0.4, -0.2) is 38.7 Å². The molecule has 0 aliphatic carbocycles. The Labute approximate surface area is 191 Å². The summed E-state index contributed by atoms with van der Waals surface area (Å²) in [6.07, 6.45) is 3.61. The lowest BCUT2D eigenvalue weighted by atomic mass is 9.97. The van der Waals surface area contributed by atoms with Gasteiger partial charge in [0.15, 0.2) is 10.8 Å². The number of hydrogen-bond acceptors (Lipinski definition) is 6. The number of benzene rings is 1. The number of fused-ring (bicyclic) bond motifs is 1. The summed E-state index contributed by atoms with van der Waals surface area (Å²) in [5, 5.41) is 8.72. The quantitative estimate of drug-likeness (QED) is 0.501. The van der Waals surface area contributed by atoms with Gasteiger partial charge in [-0.15, -0.1) is 0 Å². The van der Waals surface area contributed by atoms with Gasteiger partial charge in [0.1, 0.15) is 0 Å². The number of aryl methyl sites for hydroxylation is 2. The van der Waals surface area contributed by atoms with Gasteiger partial charge < -0.3 is 10.2 Å². The van der Waals surface area contributed by atoms with E-state index in [1.165, 1.54) is 5.56 Å². The zero-order valence-electron chi connectivity index (χ0n) is 18.3. The molecule has 4 aromatic rings. The minimum atomic E-state index is -0.0471. The molecule has 1 aliphatic heterocycles. The van der Waals surface area contributed by atoms with Gasteiger partial charge in [0.2, 0.25) is 5.91 Å². The highest BCUT2D eigenvalue weighted by Crippen LogP contribution is 2.34. The molecule has 1 fully saturated rings. The number of hydrogen-bond donors (Lipinski definition) is 1. The molecule has 0 bridgehead atoms. The molecule has 0 unspecified atom stereocenters. The van der Waals surface area contributed by atoms with Crippen LogP contribution in [0.2, 0.25) is 0 Å². The monoisotopic (exact) mass is 446 g/mol. The van der Waals surface area contributed by atoms with Gasteiger partial charge in [-0.2, -0.15) is 10.1 Å². The largest absolute Gasteiger partial charge is 0.350 e. The van der Waals surface area contributed by atoms with Crippen molar-refractivity contribution in [2.75, 3.05) is 18.0 Å². The lowest BCUT2D eigenvalue weighted by molar-refractivity contribution is -0.125. The average Bonchev–Trinajstić information content (AvgIpc) is 3.39. The summed E-state index contributed by atoms with van der Waals surface area (Å²) in [4.78, 5) is 24.3. The predicted molar refractivity (Wildman–Crippen MR) is 127 cm³/mol. The molecule has 8 heteroatoms. The zero-order chi connectivity index (χ0) is 22.1. The van der Waals surface area contributed by atoms with Crippen molar-refractivity contribution < 1.29 is 4.79 Å². The minimum Gasteiger partial charge on any atom is -0.350 e. The summed E-state index contributed by atoms with van der Waals surface area (Å²) >= 11 is 1.66. The first-order valence-corrected chi connectivity index (χ1v) is 11.8. The lowest BCUT2D eigenvalue weighted by Gasteiger charge is -2.31. The van der Waals surface area contributed by atoms with Gasteiger partial charge in [-0.25, -0.2) is 4.68 Å². The number of aromatic nitrogens is 4. The fourth-order valence-corrected chi connectivity index (χ4v) is 5.14. The van der Waals surface area contributed by atoms with Crippen LogP contribution in [0.15, 0.2) is 48.7 Å². The number of anilines is 1. The number of nitrogens with one attached hydrogen (secondary N) is 1. The van der Waals surface area contributed by atoms with E-state index in [2.05, 4.69) is 46.4 Å². The van der Waals surface area contributed by atoms with Crippen LogP contribution in [-0.2, 0) is 11.3 Å². The molecule has 1 saturated heterocycles. The average molecular weight is 447 g/mol. The van der Waals surface area contributed by atoms with Gasteiger partial charge in [0.05, 0.1) is 34.2 Å². The van der Waals surface area contributed by atoms with Crippen LogP contribution in [0, 0.1) is 19.8 Å². The molecule has 7 nitrogen and oxygen atoms in total. The van der Waals surface area contributed by atoms with Crippen LogP contribution in [0.1, 0.15) is 29.8 Å². The number of nitrogens with zero attached hydrogens (tertiary/aromatic N) is 5. The summed E-state index contributed by atoms with van der Waals surface area (Å²) in [6.45, 7) is 6.16. The van der Waals surface area contributed by atoms with Crippen molar-refractivity contribution in [2.24, 2.45) is 5.92 Å². The zero-order valence-corrected chi connectivity index (χ0v) is 19.1. The maximum atomic E-state index is 12.8. The van der Waals surface area contributed by atoms with Crippen LogP contribution < -0.4 is 10.2 Å². The highest BCUT2D eigenvalue weighted by atomic mass is 32.1. The van der Waals surface area contributed by atoms with Gasteiger partial charge >= 0.3 is 0 Å². The maximum Gasteiger partial charge on any atom is 0.225 e. The number of piperidine rings is 1. The fourth-order valence-electron chi connectivity index (χ4n) is 4.11. The van der Waals surface area contributed by atoms with Crippen molar-refractivity contribution in [3.05, 3.63) is 65.6 Å². The normalized spacial score (nSPS) is 16.4. The number of rotatable bonds is 5. The molecular weight excluding hydrogens is 420 g/mol. The van der Waals surface area contributed by atoms with Crippen molar-refractivity contribution in [1.82, 2.24) is 25.1 Å². The van der Waals surface area contributed by atoms with E-state index in [4.69, 9.17) is 10.1 Å². The Balaban J connectivity index is 1.33. The summed E-state index contributed by atoms with van der Waals surface area (Å²) in [7, 11) is 0. The molecule has 4 heterocycles. The Morgan fingerprint density at radius 3 is 2.81 bits per heavy atom. The molecule has 3 aromatic heterocycles. The third-order valence-electron chi connectivity index (χ3n) is 5.89. The van der Waals surface area contributed by atoms with E-state index in [9.17, 15) is 4.79 Å². The lowest BCUT2D eigenvalue weighted by Crippen LogP contribution is -2.43. The second kappa shape index (κ2) is 8.70. The predicted octanol–water partition coefficient (Wildman–Crippen LogP) is 4.03. The third kappa shape index (κ3) is 4.10. The second-order valence-corrected chi connectivity index (χ2v) is 9.28. The number of amides is 1. The molecule has 1 aromatic carbocycles. The molecule has 1 amide bonds. The fraction of sp³-hybridized carbons (Fsp3) is 0.333.